The lowest BCUT2D eigenvalue weighted by molar-refractivity contribution is 0.554. The van der Waals surface area contributed by atoms with Gasteiger partial charge in [0.1, 0.15) is 0 Å². The van der Waals surface area contributed by atoms with Gasteiger partial charge in [0.05, 0.1) is 10.0 Å². The minimum absolute atomic E-state index is 0.206. The highest BCUT2D eigenvalue weighted by Crippen LogP contribution is 2.25. The molecule has 0 saturated heterocycles. The van der Waals surface area contributed by atoms with E-state index < -0.39 is 10.8 Å². The van der Waals surface area contributed by atoms with Crippen molar-refractivity contribution in [2.75, 3.05) is 12.8 Å². The molecule has 0 aliphatic carbocycles. The van der Waals surface area contributed by atoms with Gasteiger partial charge in [0.2, 0.25) is 0 Å². The fourth-order valence-electron chi connectivity index (χ4n) is 1.57. The zero-order chi connectivity index (χ0) is 13.7. The molecule has 0 aliphatic heterocycles. The molecule has 3 unspecified atom stereocenters. The number of nitrogens with one attached hydrogen (secondary N) is 1. The van der Waals surface area contributed by atoms with Gasteiger partial charge in [0.25, 0.3) is 0 Å². The summed E-state index contributed by atoms with van der Waals surface area (Å²) in [6.07, 6.45) is 2.64. The first-order valence-electron chi connectivity index (χ1n) is 5.92. The van der Waals surface area contributed by atoms with Gasteiger partial charge in [-0.15, -0.1) is 0 Å². The first-order chi connectivity index (χ1) is 8.41. The second-order valence-electron chi connectivity index (χ2n) is 4.45. The van der Waals surface area contributed by atoms with Crippen LogP contribution in [0.5, 0.6) is 0 Å². The van der Waals surface area contributed by atoms with Crippen molar-refractivity contribution in [3.05, 3.63) is 33.8 Å². The standard InChI is InChI=1S/C13H19Cl2NOS/c1-9(18(3)17)6-7-16-10(2)11-4-5-12(14)13(15)8-11/h4-5,8-10,16H,6-7H2,1-3H3. The molecule has 0 amide bonds. The third-order valence-electron chi connectivity index (χ3n) is 3.01. The molecular formula is C13H19Cl2NOS. The summed E-state index contributed by atoms with van der Waals surface area (Å²) in [6.45, 7) is 4.91. The van der Waals surface area contributed by atoms with E-state index in [0.717, 1.165) is 18.5 Å². The van der Waals surface area contributed by atoms with Gasteiger partial charge in [-0.05, 0) is 37.6 Å². The van der Waals surface area contributed by atoms with E-state index >= 15 is 0 Å². The zero-order valence-corrected chi connectivity index (χ0v) is 13.2. The summed E-state index contributed by atoms with van der Waals surface area (Å²) in [4.78, 5) is 0. The third-order valence-corrected chi connectivity index (χ3v) is 5.12. The maximum atomic E-state index is 11.2. The van der Waals surface area contributed by atoms with E-state index in [4.69, 9.17) is 23.2 Å². The van der Waals surface area contributed by atoms with Crippen LogP contribution in [-0.2, 0) is 10.8 Å². The lowest BCUT2D eigenvalue weighted by Gasteiger charge is -2.16. The molecule has 0 aliphatic rings. The van der Waals surface area contributed by atoms with Gasteiger partial charge in [-0.25, -0.2) is 0 Å². The van der Waals surface area contributed by atoms with Crippen molar-refractivity contribution in [2.24, 2.45) is 0 Å². The van der Waals surface area contributed by atoms with Crippen molar-refractivity contribution in [1.82, 2.24) is 5.32 Å². The van der Waals surface area contributed by atoms with Crippen LogP contribution in [-0.4, -0.2) is 22.3 Å². The zero-order valence-electron chi connectivity index (χ0n) is 10.9. The fourth-order valence-corrected chi connectivity index (χ4v) is 2.32. The Morgan fingerprint density at radius 2 is 1.94 bits per heavy atom. The van der Waals surface area contributed by atoms with Crippen LogP contribution in [0, 0.1) is 0 Å². The van der Waals surface area contributed by atoms with Crippen LogP contribution in [0.1, 0.15) is 31.9 Å². The Labute approximate surface area is 122 Å². The number of hydrogen-bond donors (Lipinski definition) is 1. The average molecular weight is 308 g/mol. The number of benzene rings is 1. The summed E-state index contributed by atoms with van der Waals surface area (Å²) >= 11 is 11.9. The average Bonchev–Trinajstić information content (AvgIpc) is 2.32. The molecule has 1 rings (SSSR count). The Kier molecular flexibility index (Phi) is 6.64. The Morgan fingerprint density at radius 1 is 1.28 bits per heavy atom. The summed E-state index contributed by atoms with van der Waals surface area (Å²) in [7, 11) is -0.755. The SMILES string of the molecule is CC(NCCC(C)S(C)=O)c1ccc(Cl)c(Cl)c1. The lowest BCUT2D eigenvalue weighted by atomic mass is 10.1. The molecule has 5 heteroatoms. The fraction of sp³-hybridized carbons (Fsp3) is 0.538. The van der Waals surface area contributed by atoms with E-state index in [0.29, 0.717) is 10.0 Å². The molecule has 0 fully saturated rings. The van der Waals surface area contributed by atoms with Gasteiger partial charge in [-0.1, -0.05) is 36.2 Å². The van der Waals surface area contributed by atoms with Crippen molar-refractivity contribution < 1.29 is 4.21 Å². The van der Waals surface area contributed by atoms with Crippen molar-refractivity contribution >= 4 is 34.0 Å². The van der Waals surface area contributed by atoms with E-state index in [2.05, 4.69) is 12.2 Å². The molecule has 102 valence electrons. The molecule has 1 N–H and O–H groups in total. The van der Waals surface area contributed by atoms with E-state index in [1.165, 1.54) is 0 Å². The van der Waals surface area contributed by atoms with E-state index in [-0.39, 0.29) is 11.3 Å². The second-order valence-corrected chi connectivity index (χ2v) is 7.06. The van der Waals surface area contributed by atoms with Crippen LogP contribution in [0.3, 0.4) is 0 Å². The third kappa shape index (κ3) is 4.88. The molecule has 0 spiro atoms. The van der Waals surface area contributed by atoms with Gasteiger partial charge >= 0.3 is 0 Å². The van der Waals surface area contributed by atoms with Crippen LogP contribution in [0.15, 0.2) is 18.2 Å². The highest BCUT2D eigenvalue weighted by Gasteiger charge is 2.09. The monoisotopic (exact) mass is 307 g/mol. The van der Waals surface area contributed by atoms with Gasteiger partial charge in [0, 0.05) is 28.3 Å². The van der Waals surface area contributed by atoms with Crippen molar-refractivity contribution in [3.8, 4) is 0 Å². The molecular weight excluding hydrogens is 289 g/mol. The van der Waals surface area contributed by atoms with Crippen LogP contribution >= 0.6 is 23.2 Å². The molecule has 1 aromatic carbocycles. The first kappa shape index (κ1) is 16.0. The molecule has 2 nitrogen and oxygen atoms in total. The van der Waals surface area contributed by atoms with Crippen molar-refractivity contribution in [1.29, 1.82) is 0 Å². The first-order valence-corrected chi connectivity index (χ1v) is 8.30. The molecule has 1 aromatic rings. The number of rotatable bonds is 6. The molecule has 18 heavy (non-hydrogen) atoms. The minimum atomic E-state index is -0.755. The second kappa shape index (κ2) is 7.49. The van der Waals surface area contributed by atoms with E-state index in [1.54, 1.807) is 12.3 Å². The predicted octanol–water partition coefficient (Wildman–Crippen LogP) is 3.80. The highest BCUT2D eigenvalue weighted by atomic mass is 35.5. The molecule has 0 saturated carbocycles. The Morgan fingerprint density at radius 3 is 2.50 bits per heavy atom. The topological polar surface area (TPSA) is 29.1 Å². The molecule has 0 bridgehead atoms. The van der Waals surface area contributed by atoms with Crippen molar-refractivity contribution in [3.63, 3.8) is 0 Å². The number of hydrogen-bond acceptors (Lipinski definition) is 2. The Balaban J connectivity index is 2.47. The van der Waals surface area contributed by atoms with E-state index in [1.807, 2.05) is 19.1 Å². The van der Waals surface area contributed by atoms with Crippen molar-refractivity contribution in [2.45, 2.75) is 31.6 Å². The van der Waals surface area contributed by atoms with Crippen LogP contribution < -0.4 is 5.32 Å². The van der Waals surface area contributed by atoms with E-state index in [9.17, 15) is 4.21 Å². The highest BCUT2D eigenvalue weighted by molar-refractivity contribution is 7.84. The maximum Gasteiger partial charge on any atom is 0.0595 e. The normalized spacial score (nSPS) is 16.3. The summed E-state index contributed by atoms with van der Waals surface area (Å²) in [5.41, 5.74) is 1.11. The van der Waals surface area contributed by atoms with Gasteiger partial charge < -0.3 is 5.32 Å². The van der Waals surface area contributed by atoms with Crippen LogP contribution in [0.4, 0.5) is 0 Å². The molecule has 0 aromatic heterocycles. The van der Waals surface area contributed by atoms with Crippen LogP contribution in [0.2, 0.25) is 10.0 Å². The minimum Gasteiger partial charge on any atom is -0.310 e. The Bertz CT molecular complexity index is 425. The lowest BCUT2D eigenvalue weighted by Crippen LogP contribution is -2.24. The molecule has 0 heterocycles. The largest absolute Gasteiger partial charge is 0.310 e. The van der Waals surface area contributed by atoms with Crippen LogP contribution in [0.25, 0.3) is 0 Å². The number of halogens is 2. The Hall–Kier alpha value is -0.0900. The summed E-state index contributed by atoms with van der Waals surface area (Å²) < 4.78 is 11.2. The van der Waals surface area contributed by atoms with Gasteiger partial charge in [-0.2, -0.15) is 0 Å². The van der Waals surface area contributed by atoms with Gasteiger partial charge in [0.15, 0.2) is 0 Å². The summed E-state index contributed by atoms with van der Waals surface area (Å²) in [5.74, 6) is 0. The molecule has 3 atom stereocenters. The summed E-state index contributed by atoms with van der Waals surface area (Å²) in [5, 5.41) is 4.76. The predicted molar refractivity (Wildman–Crippen MR) is 81.0 cm³/mol. The molecule has 0 radical (unpaired) electrons. The summed E-state index contributed by atoms with van der Waals surface area (Å²) in [6, 6.07) is 5.86. The maximum absolute atomic E-state index is 11.2. The smallest absolute Gasteiger partial charge is 0.0595 e. The van der Waals surface area contributed by atoms with Gasteiger partial charge in [-0.3, -0.25) is 4.21 Å². The quantitative estimate of drug-likeness (QED) is 0.866.